The van der Waals surface area contributed by atoms with Gasteiger partial charge in [0.2, 0.25) is 10.9 Å². The van der Waals surface area contributed by atoms with Crippen LogP contribution in [0.4, 0.5) is 28.9 Å². The van der Waals surface area contributed by atoms with Crippen LogP contribution in [0.3, 0.4) is 0 Å². The number of halogens is 4. The monoisotopic (exact) mass is 688 g/mol. The van der Waals surface area contributed by atoms with Crippen molar-refractivity contribution in [3.05, 3.63) is 140 Å². The third kappa shape index (κ3) is 7.65. The number of hydrogen-bond donors (Lipinski definition) is 6. The molecular formula is C36H28F4N4O6. The molecule has 0 radical (unpaired) electrons. The van der Waals surface area contributed by atoms with Crippen molar-refractivity contribution in [3.63, 3.8) is 0 Å². The van der Waals surface area contributed by atoms with Crippen LogP contribution < -0.4 is 21.5 Å². The number of rotatable bonds is 5. The average Bonchev–Trinajstić information content (AvgIpc) is 3.05. The SMILES string of the molecule is CC(C)c1ccc(NC(=O)c2c[nH]c3ccccc3c2=O)cc1O.O=C(Nc1cc(O)cc(C(F)(F)F)c1)c1c[nH]c2ccc(F)cc2c1=O. The fourth-order valence-corrected chi connectivity index (χ4v) is 5.05. The van der Waals surface area contributed by atoms with Crippen LogP contribution in [0.15, 0.2) is 101 Å². The van der Waals surface area contributed by atoms with E-state index in [0.29, 0.717) is 34.2 Å². The molecule has 2 heterocycles. The Morgan fingerprint density at radius 3 is 1.94 bits per heavy atom. The lowest BCUT2D eigenvalue weighted by atomic mass is 10.0. The van der Waals surface area contributed by atoms with Crippen molar-refractivity contribution in [2.75, 3.05) is 10.6 Å². The van der Waals surface area contributed by atoms with E-state index in [0.717, 1.165) is 30.0 Å². The van der Waals surface area contributed by atoms with Gasteiger partial charge in [0.25, 0.3) is 11.8 Å². The number of anilines is 2. The van der Waals surface area contributed by atoms with Gasteiger partial charge in [0.15, 0.2) is 0 Å². The third-order valence-electron chi connectivity index (χ3n) is 7.53. The van der Waals surface area contributed by atoms with E-state index in [9.17, 15) is 47.0 Å². The number of carbonyl (C=O) groups excluding carboxylic acids is 2. The van der Waals surface area contributed by atoms with E-state index < -0.39 is 46.1 Å². The average molecular weight is 689 g/mol. The smallest absolute Gasteiger partial charge is 0.416 e. The Balaban J connectivity index is 0.000000195. The molecule has 0 fully saturated rings. The molecule has 6 N–H and O–H groups in total. The van der Waals surface area contributed by atoms with Gasteiger partial charge in [-0.3, -0.25) is 19.2 Å². The minimum atomic E-state index is -4.73. The number of aromatic amines is 2. The molecule has 0 aliphatic carbocycles. The Hall–Kier alpha value is -6.44. The summed E-state index contributed by atoms with van der Waals surface area (Å²) in [5, 5.41) is 24.6. The van der Waals surface area contributed by atoms with Crippen molar-refractivity contribution < 1.29 is 37.4 Å². The lowest BCUT2D eigenvalue weighted by molar-refractivity contribution is -0.137. The van der Waals surface area contributed by atoms with Gasteiger partial charge in [-0.25, -0.2) is 4.39 Å². The summed E-state index contributed by atoms with van der Waals surface area (Å²) in [6, 6.07) is 17.4. The van der Waals surface area contributed by atoms with Gasteiger partial charge in [-0.05, 0) is 60.0 Å². The maximum Gasteiger partial charge on any atom is 0.416 e. The van der Waals surface area contributed by atoms with Gasteiger partial charge in [0.1, 0.15) is 28.4 Å². The standard InChI is InChI=1S/C19H18N2O3.C17H10F4N2O3/c1-11(2)13-8-7-12(9-17(13)22)21-19(24)15-10-20-16-6-4-3-5-14(16)18(15)23;18-9-1-2-14-12(5-9)15(25)13(7-22-14)16(26)23-10-3-8(17(19,20)21)4-11(24)6-10/h3-11,22H,1-2H3,(H,20,23)(H,21,24);1-7,24H,(H,22,25)(H,23,26). The number of phenolic OH excluding ortho intramolecular Hbond substituents is 2. The number of nitrogens with one attached hydrogen (secondary N) is 4. The molecule has 256 valence electrons. The van der Waals surface area contributed by atoms with Crippen LogP contribution in [0.5, 0.6) is 11.5 Å². The molecule has 10 nitrogen and oxygen atoms in total. The molecule has 50 heavy (non-hydrogen) atoms. The Kier molecular flexibility index (Phi) is 9.74. The highest BCUT2D eigenvalue weighted by molar-refractivity contribution is 6.06. The van der Waals surface area contributed by atoms with Crippen molar-refractivity contribution in [3.8, 4) is 11.5 Å². The number of pyridine rings is 2. The molecule has 0 saturated heterocycles. The summed E-state index contributed by atoms with van der Waals surface area (Å²) in [5.74, 6) is -2.60. The summed E-state index contributed by atoms with van der Waals surface area (Å²) in [4.78, 5) is 55.0. The molecule has 14 heteroatoms. The van der Waals surface area contributed by atoms with E-state index in [2.05, 4.69) is 20.6 Å². The Bertz CT molecular complexity index is 2380. The molecule has 0 unspecified atom stereocenters. The second kappa shape index (κ2) is 14.0. The van der Waals surface area contributed by atoms with Gasteiger partial charge in [-0.2, -0.15) is 13.2 Å². The van der Waals surface area contributed by atoms with Crippen LogP contribution >= 0.6 is 0 Å². The van der Waals surface area contributed by atoms with Gasteiger partial charge in [0, 0.05) is 57.7 Å². The molecule has 6 aromatic rings. The maximum atomic E-state index is 13.3. The summed E-state index contributed by atoms with van der Waals surface area (Å²) < 4.78 is 51.6. The number of para-hydroxylation sites is 1. The second-order valence-electron chi connectivity index (χ2n) is 11.4. The quantitative estimate of drug-likeness (QED) is 0.104. The first-order valence-corrected chi connectivity index (χ1v) is 14.9. The number of aromatic nitrogens is 2. The molecule has 2 aromatic heterocycles. The van der Waals surface area contributed by atoms with Crippen molar-refractivity contribution in [2.45, 2.75) is 25.9 Å². The van der Waals surface area contributed by atoms with E-state index in [1.807, 2.05) is 19.9 Å². The highest BCUT2D eigenvalue weighted by atomic mass is 19.4. The lowest BCUT2D eigenvalue weighted by Crippen LogP contribution is -2.22. The number of aromatic hydroxyl groups is 2. The van der Waals surface area contributed by atoms with Gasteiger partial charge in [-0.1, -0.05) is 32.0 Å². The van der Waals surface area contributed by atoms with Crippen LogP contribution in [-0.4, -0.2) is 32.0 Å². The van der Waals surface area contributed by atoms with Crippen LogP contribution in [0.1, 0.15) is 51.6 Å². The van der Waals surface area contributed by atoms with Gasteiger partial charge >= 0.3 is 6.18 Å². The number of amides is 2. The van der Waals surface area contributed by atoms with E-state index in [1.54, 1.807) is 30.3 Å². The number of carbonyl (C=O) groups is 2. The fraction of sp³-hybridized carbons (Fsp3) is 0.111. The van der Waals surface area contributed by atoms with Crippen molar-refractivity contribution in [1.82, 2.24) is 9.97 Å². The molecule has 0 atom stereocenters. The summed E-state index contributed by atoms with van der Waals surface area (Å²) in [6.45, 7) is 3.95. The van der Waals surface area contributed by atoms with Crippen LogP contribution in [0, 0.1) is 5.82 Å². The molecule has 0 spiro atoms. The Morgan fingerprint density at radius 2 is 1.32 bits per heavy atom. The minimum Gasteiger partial charge on any atom is -0.508 e. The molecule has 4 aromatic carbocycles. The number of hydrogen-bond acceptors (Lipinski definition) is 6. The van der Waals surface area contributed by atoms with Crippen LogP contribution in [0.2, 0.25) is 0 Å². The van der Waals surface area contributed by atoms with E-state index in [4.69, 9.17) is 0 Å². The highest BCUT2D eigenvalue weighted by Gasteiger charge is 2.31. The van der Waals surface area contributed by atoms with Gasteiger partial charge in [-0.15, -0.1) is 0 Å². The topological polar surface area (TPSA) is 164 Å². The second-order valence-corrected chi connectivity index (χ2v) is 11.4. The zero-order valence-corrected chi connectivity index (χ0v) is 26.3. The summed E-state index contributed by atoms with van der Waals surface area (Å²) in [7, 11) is 0. The summed E-state index contributed by atoms with van der Waals surface area (Å²) in [5.41, 5.74) is -0.796. The first kappa shape index (κ1) is 34.9. The summed E-state index contributed by atoms with van der Waals surface area (Å²) >= 11 is 0. The Labute approximate surface area is 280 Å². The molecule has 0 aliphatic heterocycles. The maximum absolute atomic E-state index is 13.3. The third-order valence-corrected chi connectivity index (χ3v) is 7.53. The van der Waals surface area contributed by atoms with Crippen molar-refractivity contribution >= 4 is 45.0 Å². The first-order chi connectivity index (χ1) is 23.6. The zero-order valence-electron chi connectivity index (χ0n) is 26.3. The highest BCUT2D eigenvalue weighted by Crippen LogP contribution is 2.34. The predicted molar refractivity (Wildman–Crippen MR) is 180 cm³/mol. The number of phenols is 2. The molecule has 0 aliphatic rings. The number of benzene rings is 4. The normalized spacial score (nSPS) is 11.3. The van der Waals surface area contributed by atoms with Crippen molar-refractivity contribution in [1.29, 1.82) is 0 Å². The number of H-pyrrole nitrogens is 2. The predicted octanol–water partition coefficient (Wildman–Crippen LogP) is 7.25. The number of alkyl halides is 3. The zero-order chi connectivity index (χ0) is 36.3. The molecule has 6 rings (SSSR count). The molecular weight excluding hydrogens is 660 g/mol. The number of fused-ring (bicyclic) bond motifs is 2. The largest absolute Gasteiger partial charge is 0.508 e. The van der Waals surface area contributed by atoms with Gasteiger partial charge < -0.3 is 30.8 Å². The van der Waals surface area contributed by atoms with Crippen LogP contribution in [0.25, 0.3) is 21.8 Å². The van der Waals surface area contributed by atoms with Gasteiger partial charge in [0.05, 0.1) is 5.56 Å². The first-order valence-electron chi connectivity index (χ1n) is 14.9. The van der Waals surface area contributed by atoms with E-state index in [-0.39, 0.29) is 33.7 Å². The summed E-state index contributed by atoms with van der Waals surface area (Å²) in [6.07, 6.45) is -2.25. The van der Waals surface area contributed by atoms with Crippen LogP contribution in [-0.2, 0) is 6.18 Å². The van der Waals surface area contributed by atoms with Crippen molar-refractivity contribution in [2.24, 2.45) is 0 Å². The molecule has 2 amide bonds. The van der Waals surface area contributed by atoms with E-state index >= 15 is 0 Å². The molecule has 0 bridgehead atoms. The lowest BCUT2D eigenvalue weighted by Gasteiger charge is -2.11. The molecule has 0 saturated carbocycles. The minimum absolute atomic E-state index is 0.0288. The fourth-order valence-electron chi connectivity index (χ4n) is 5.05. The Morgan fingerprint density at radius 1 is 0.720 bits per heavy atom. The van der Waals surface area contributed by atoms with E-state index in [1.165, 1.54) is 18.3 Å².